The molecule has 1 aliphatic heterocycles. The van der Waals surface area contributed by atoms with Gasteiger partial charge in [0.25, 0.3) is 0 Å². The number of hydrogen-bond donors (Lipinski definition) is 1. The van der Waals surface area contributed by atoms with Crippen LogP contribution in [0.2, 0.25) is 0 Å². The van der Waals surface area contributed by atoms with Gasteiger partial charge in [0.05, 0.1) is 11.9 Å². The number of H-pyrrole nitrogens is 1. The minimum Gasteiger partial charge on any atom is -0.355 e. The van der Waals surface area contributed by atoms with E-state index in [-0.39, 0.29) is 0 Å². The van der Waals surface area contributed by atoms with Crippen LogP contribution in [0.25, 0.3) is 22.4 Å². The topological polar surface area (TPSA) is 57.7 Å². The lowest BCUT2D eigenvalue weighted by atomic mass is 9.77. The van der Waals surface area contributed by atoms with Crippen molar-refractivity contribution in [1.29, 1.82) is 0 Å². The van der Waals surface area contributed by atoms with Gasteiger partial charge in [0.1, 0.15) is 11.3 Å². The lowest BCUT2D eigenvalue weighted by Gasteiger charge is -2.39. The summed E-state index contributed by atoms with van der Waals surface area (Å²) in [6, 6.07) is 8.39. The summed E-state index contributed by atoms with van der Waals surface area (Å²) in [5.41, 5.74) is 5.47. The molecular weight excluding hydrogens is 322 g/mol. The Bertz CT molecular complexity index is 928. The van der Waals surface area contributed by atoms with Gasteiger partial charge in [-0.15, -0.1) is 0 Å². The molecule has 0 bridgehead atoms. The van der Waals surface area contributed by atoms with Crippen molar-refractivity contribution in [2.75, 3.05) is 18.0 Å². The third-order valence-electron chi connectivity index (χ3n) is 6.37. The average Bonchev–Trinajstić information content (AvgIpc) is 3.29. The third-order valence-corrected chi connectivity index (χ3v) is 6.37. The molecule has 1 aromatic carbocycles. The zero-order valence-electron chi connectivity index (χ0n) is 15.3. The van der Waals surface area contributed by atoms with E-state index in [0.29, 0.717) is 11.1 Å². The molecule has 0 unspecified atom stereocenters. The third kappa shape index (κ3) is 2.66. The van der Waals surface area contributed by atoms with Crippen molar-refractivity contribution < 1.29 is 0 Å². The number of aryl methyl sites for hydroxylation is 1. The number of nitrogens with zero attached hydrogens (tertiary/aromatic N) is 4. The first-order valence-electron chi connectivity index (χ1n) is 9.76. The normalized spacial score (nSPS) is 19.5. The number of nitrogens with one attached hydrogen (secondary N) is 1. The minimum absolute atomic E-state index is 0.624. The molecule has 26 heavy (non-hydrogen) atoms. The quantitative estimate of drug-likeness (QED) is 0.742. The molecule has 5 nitrogen and oxygen atoms in total. The summed E-state index contributed by atoms with van der Waals surface area (Å²) in [5.74, 6) is 0.965. The van der Waals surface area contributed by atoms with Gasteiger partial charge in [-0.3, -0.25) is 5.10 Å². The fraction of sp³-hybridized carbons (Fsp3) is 0.476. The van der Waals surface area contributed by atoms with Crippen LogP contribution in [-0.4, -0.2) is 33.3 Å². The van der Waals surface area contributed by atoms with Crippen molar-refractivity contribution in [1.82, 2.24) is 20.2 Å². The van der Waals surface area contributed by atoms with Gasteiger partial charge in [-0.2, -0.15) is 5.10 Å². The molecule has 2 aliphatic rings. The molecule has 1 saturated carbocycles. The van der Waals surface area contributed by atoms with Crippen molar-refractivity contribution in [3.05, 3.63) is 36.0 Å². The van der Waals surface area contributed by atoms with E-state index in [1.807, 2.05) is 6.20 Å². The molecule has 0 radical (unpaired) electrons. The highest BCUT2D eigenvalue weighted by Crippen LogP contribution is 2.46. The van der Waals surface area contributed by atoms with E-state index in [9.17, 15) is 0 Å². The van der Waals surface area contributed by atoms with Gasteiger partial charge in [-0.1, -0.05) is 36.6 Å². The van der Waals surface area contributed by atoms with Gasteiger partial charge in [-0.05, 0) is 44.1 Å². The highest BCUT2D eigenvalue weighted by Gasteiger charge is 2.37. The monoisotopic (exact) mass is 347 g/mol. The first-order chi connectivity index (χ1) is 12.7. The molecule has 1 spiro atoms. The van der Waals surface area contributed by atoms with E-state index < -0.39 is 0 Å². The Hall–Kier alpha value is -2.43. The van der Waals surface area contributed by atoms with Crippen molar-refractivity contribution >= 4 is 17.0 Å². The van der Waals surface area contributed by atoms with Gasteiger partial charge in [0, 0.05) is 18.7 Å². The predicted octanol–water partition coefficient (Wildman–Crippen LogP) is 4.49. The summed E-state index contributed by atoms with van der Waals surface area (Å²) < 4.78 is 0. The molecule has 5 rings (SSSR count). The molecule has 3 aromatic rings. The minimum atomic E-state index is 0.624. The Kier molecular flexibility index (Phi) is 3.69. The molecule has 2 aromatic heterocycles. The van der Waals surface area contributed by atoms with Crippen LogP contribution < -0.4 is 4.90 Å². The van der Waals surface area contributed by atoms with E-state index in [4.69, 9.17) is 9.97 Å². The maximum atomic E-state index is 4.80. The SMILES string of the molecule is Cc1cccc(-c2[nH]nc3nc(N4CCC5(CCCC5)CC4)cnc23)c1. The van der Waals surface area contributed by atoms with Crippen LogP contribution in [0.1, 0.15) is 44.1 Å². The number of fused-ring (bicyclic) bond motifs is 1. The molecule has 0 atom stereocenters. The molecular formula is C21H25N5. The Balaban J connectivity index is 1.41. The number of rotatable bonds is 2. The largest absolute Gasteiger partial charge is 0.355 e. The van der Waals surface area contributed by atoms with E-state index >= 15 is 0 Å². The lowest BCUT2D eigenvalue weighted by molar-refractivity contribution is 0.226. The second-order valence-electron chi connectivity index (χ2n) is 8.06. The van der Waals surface area contributed by atoms with Crippen LogP contribution in [-0.2, 0) is 0 Å². The zero-order valence-corrected chi connectivity index (χ0v) is 15.3. The Morgan fingerprint density at radius 3 is 2.65 bits per heavy atom. The van der Waals surface area contributed by atoms with Gasteiger partial charge < -0.3 is 4.90 Å². The van der Waals surface area contributed by atoms with E-state index in [1.54, 1.807) is 0 Å². The number of anilines is 1. The number of aromatic amines is 1. The lowest BCUT2D eigenvalue weighted by Crippen LogP contribution is -2.39. The van der Waals surface area contributed by atoms with E-state index in [1.165, 1.54) is 44.1 Å². The first kappa shape index (κ1) is 15.8. The smallest absolute Gasteiger partial charge is 0.202 e. The van der Waals surface area contributed by atoms with Crippen molar-refractivity contribution in [3.63, 3.8) is 0 Å². The predicted molar refractivity (Wildman–Crippen MR) is 104 cm³/mol. The molecule has 5 heteroatoms. The van der Waals surface area contributed by atoms with Gasteiger partial charge in [-0.25, -0.2) is 9.97 Å². The maximum absolute atomic E-state index is 4.80. The van der Waals surface area contributed by atoms with Crippen LogP contribution in [0, 0.1) is 12.3 Å². The van der Waals surface area contributed by atoms with E-state index in [0.717, 1.165) is 35.7 Å². The highest BCUT2D eigenvalue weighted by atomic mass is 15.2. The van der Waals surface area contributed by atoms with Crippen molar-refractivity contribution in [2.24, 2.45) is 5.41 Å². The van der Waals surface area contributed by atoms with Crippen LogP contribution >= 0.6 is 0 Å². The van der Waals surface area contributed by atoms with Gasteiger partial charge in [0.2, 0.25) is 5.65 Å². The van der Waals surface area contributed by atoms with Crippen LogP contribution in [0.4, 0.5) is 5.82 Å². The molecule has 134 valence electrons. The second-order valence-corrected chi connectivity index (χ2v) is 8.06. The number of aromatic nitrogens is 4. The Morgan fingerprint density at radius 1 is 1.08 bits per heavy atom. The van der Waals surface area contributed by atoms with Crippen LogP contribution in [0.3, 0.4) is 0 Å². The number of benzene rings is 1. The summed E-state index contributed by atoms with van der Waals surface area (Å²) >= 11 is 0. The van der Waals surface area contributed by atoms with Crippen LogP contribution in [0.5, 0.6) is 0 Å². The molecule has 1 saturated heterocycles. The standard InChI is InChI=1S/C21H25N5/c1-15-5-4-6-16(13-15)18-19-20(25-24-18)23-17(14-22-19)26-11-9-21(10-12-26)7-2-3-8-21/h4-6,13-14H,2-3,7-12H2,1H3,(H,23,24,25). The number of hydrogen-bond acceptors (Lipinski definition) is 4. The summed E-state index contributed by atoms with van der Waals surface area (Å²) in [5, 5.41) is 7.56. The summed E-state index contributed by atoms with van der Waals surface area (Å²) in [6.45, 7) is 4.28. The molecule has 0 amide bonds. The number of piperidine rings is 1. The van der Waals surface area contributed by atoms with Crippen molar-refractivity contribution in [3.8, 4) is 11.3 Å². The molecule has 2 fully saturated rings. The summed E-state index contributed by atoms with van der Waals surface area (Å²) in [7, 11) is 0. The average molecular weight is 347 g/mol. The van der Waals surface area contributed by atoms with E-state index in [2.05, 4.69) is 46.3 Å². The fourth-order valence-electron chi connectivity index (χ4n) is 4.78. The van der Waals surface area contributed by atoms with Gasteiger partial charge >= 0.3 is 0 Å². The van der Waals surface area contributed by atoms with Crippen LogP contribution in [0.15, 0.2) is 30.5 Å². The molecule has 1 aliphatic carbocycles. The highest BCUT2D eigenvalue weighted by molar-refractivity contribution is 5.87. The summed E-state index contributed by atoms with van der Waals surface area (Å²) in [6.07, 6.45) is 10.2. The maximum Gasteiger partial charge on any atom is 0.202 e. The molecule has 1 N–H and O–H groups in total. The molecule has 3 heterocycles. The fourth-order valence-corrected chi connectivity index (χ4v) is 4.78. The summed E-state index contributed by atoms with van der Waals surface area (Å²) in [4.78, 5) is 11.9. The Morgan fingerprint density at radius 2 is 1.88 bits per heavy atom. The van der Waals surface area contributed by atoms with Gasteiger partial charge in [0.15, 0.2) is 0 Å². The van der Waals surface area contributed by atoms with Crippen molar-refractivity contribution in [2.45, 2.75) is 45.4 Å². The second kappa shape index (κ2) is 6.08. The first-order valence-corrected chi connectivity index (χ1v) is 9.76. The zero-order chi connectivity index (χ0) is 17.6. The Labute approximate surface area is 153 Å².